The molecule has 2 unspecified atom stereocenters. The number of thioether (sulfide) groups is 1. The molecule has 0 amide bonds. The Balaban J connectivity index is 2.52. The summed E-state index contributed by atoms with van der Waals surface area (Å²) in [7, 11) is 0. The molecule has 0 aliphatic rings. The third-order valence-corrected chi connectivity index (χ3v) is 3.87. The Morgan fingerprint density at radius 1 is 1.35 bits per heavy atom. The van der Waals surface area contributed by atoms with Gasteiger partial charge in [-0.3, -0.25) is 0 Å². The standard InChI is InChI=1S/C12H22N2O2S/c1-5-10(9(4)15)12-13-11(14-16-12)7-17-6-8(2)3/h8-10,15H,5-7H2,1-4H3. The van der Waals surface area contributed by atoms with Crippen molar-refractivity contribution in [3.8, 4) is 0 Å². The van der Waals surface area contributed by atoms with E-state index in [1.807, 2.05) is 18.7 Å². The van der Waals surface area contributed by atoms with Crippen LogP contribution < -0.4 is 0 Å². The van der Waals surface area contributed by atoms with Crippen LogP contribution in [-0.2, 0) is 5.75 Å². The molecule has 0 fully saturated rings. The van der Waals surface area contributed by atoms with Gasteiger partial charge in [-0.15, -0.1) is 0 Å². The van der Waals surface area contributed by atoms with Crippen LogP contribution in [0.4, 0.5) is 0 Å². The summed E-state index contributed by atoms with van der Waals surface area (Å²) in [4.78, 5) is 4.34. The molecular formula is C12H22N2O2S. The van der Waals surface area contributed by atoms with Gasteiger partial charge in [-0.05, 0) is 25.0 Å². The Hall–Kier alpha value is -0.550. The minimum absolute atomic E-state index is 0.0497. The highest BCUT2D eigenvalue weighted by atomic mass is 32.2. The maximum Gasteiger partial charge on any atom is 0.232 e. The van der Waals surface area contributed by atoms with Crippen LogP contribution in [0, 0.1) is 5.92 Å². The van der Waals surface area contributed by atoms with E-state index >= 15 is 0 Å². The van der Waals surface area contributed by atoms with E-state index in [1.54, 1.807) is 6.92 Å². The van der Waals surface area contributed by atoms with Gasteiger partial charge in [0, 0.05) is 0 Å². The molecule has 4 nitrogen and oxygen atoms in total. The topological polar surface area (TPSA) is 59.2 Å². The Labute approximate surface area is 107 Å². The molecule has 1 N–H and O–H groups in total. The summed E-state index contributed by atoms with van der Waals surface area (Å²) in [6.07, 6.45) is 0.356. The SMILES string of the molecule is CCC(c1nc(CSCC(C)C)no1)C(C)O. The van der Waals surface area contributed by atoms with Crippen molar-refractivity contribution in [3.63, 3.8) is 0 Å². The van der Waals surface area contributed by atoms with Crippen LogP contribution >= 0.6 is 11.8 Å². The van der Waals surface area contributed by atoms with Crippen LogP contribution in [0.15, 0.2) is 4.52 Å². The van der Waals surface area contributed by atoms with Gasteiger partial charge >= 0.3 is 0 Å². The average molecular weight is 258 g/mol. The highest BCUT2D eigenvalue weighted by Crippen LogP contribution is 2.22. The van der Waals surface area contributed by atoms with E-state index < -0.39 is 6.10 Å². The van der Waals surface area contributed by atoms with Crippen LogP contribution in [0.5, 0.6) is 0 Å². The molecule has 0 aliphatic heterocycles. The van der Waals surface area contributed by atoms with Gasteiger partial charge in [0.25, 0.3) is 0 Å². The number of aliphatic hydroxyl groups is 1. The van der Waals surface area contributed by atoms with E-state index in [1.165, 1.54) is 0 Å². The van der Waals surface area contributed by atoms with E-state index in [0.717, 1.165) is 23.8 Å². The zero-order valence-corrected chi connectivity index (χ0v) is 11.8. The number of nitrogens with zero attached hydrogens (tertiary/aromatic N) is 2. The lowest BCUT2D eigenvalue weighted by molar-refractivity contribution is 0.141. The molecule has 0 aromatic carbocycles. The van der Waals surface area contributed by atoms with Crippen LogP contribution in [0.3, 0.4) is 0 Å². The van der Waals surface area contributed by atoms with E-state index in [-0.39, 0.29) is 5.92 Å². The second-order valence-electron chi connectivity index (χ2n) is 4.71. The van der Waals surface area contributed by atoms with Crippen molar-refractivity contribution in [3.05, 3.63) is 11.7 Å². The first-order chi connectivity index (χ1) is 8.04. The van der Waals surface area contributed by atoms with Crippen molar-refractivity contribution in [2.24, 2.45) is 5.92 Å². The first-order valence-corrected chi connectivity index (χ1v) is 7.28. The smallest absolute Gasteiger partial charge is 0.232 e. The minimum Gasteiger partial charge on any atom is -0.393 e. The van der Waals surface area contributed by atoms with Crippen molar-refractivity contribution < 1.29 is 9.63 Å². The molecule has 17 heavy (non-hydrogen) atoms. The highest BCUT2D eigenvalue weighted by Gasteiger charge is 2.21. The lowest BCUT2D eigenvalue weighted by Gasteiger charge is -2.12. The Kier molecular flexibility index (Phi) is 5.98. The maximum atomic E-state index is 9.59. The third-order valence-electron chi connectivity index (χ3n) is 2.51. The van der Waals surface area contributed by atoms with Gasteiger partial charge in [-0.1, -0.05) is 25.9 Å². The fraction of sp³-hybridized carbons (Fsp3) is 0.833. The molecule has 98 valence electrons. The summed E-state index contributed by atoms with van der Waals surface area (Å²) >= 11 is 1.81. The van der Waals surface area contributed by atoms with E-state index in [9.17, 15) is 5.11 Å². The van der Waals surface area contributed by atoms with Gasteiger partial charge in [-0.25, -0.2) is 0 Å². The van der Waals surface area contributed by atoms with Gasteiger partial charge in [-0.2, -0.15) is 16.7 Å². The van der Waals surface area contributed by atoms with Gasteiger partial charge < -0.3 is 9.63 Å². The second kappa shape index (κ2) is 7.01. The van der Waals surface area contributed by atoms with Gasteiger partial charge in [0.15, 0.2) is 5.82 Å². The van der Waals surface area contributed by atoms with Crippen molar-refractivity contribution in [1.82, 2.24) is 10.1 Å². The molecule has 1 aromatic rings. The molecule has 0 bridgehead atoms. The normalized spacial score (nSPS) is 15.2. The Bertz CT molecular complexity index is 326. The maximum absolute atomic E-state index is 9.59. The Morgan fingerprint density at radius 2 is 2.06 bits per heavy atom. The molecule has 1 rings (SSSR count). The van der Waals surface area contributed by atoms with Crippen LogP contribution in [0.2, 0.25) is 0 Å². The number of rotatable bonds is 7. The zero-order chi connectivity index (χ0) is 12.8. The first-order valence-electron chi connectivity index (χ1n) is 6.12. The Morgan fingerprint density at radius 3 is 2.59 bits per heavy atom. The molecule has 5 heteroatoms. The summed E-state index contributed by atoms with van der Waals surface area (Å²) in [5, 5.41) is 13.5. The fourth-order valence-electron chi connectivity index (χ4n) is 1.58. The molecule has 0 spiro atoms. The third kappa shape index (κ3) is 4.68. The number of hydrogen-bond acceptors (Lipinski definition) is 5. The van der Waals surface area contributed by atoms with E-state index in [4.69, 9.17) is 4.52 Å². The number of aliphatic hydroxyl groups excluding tert-OH is 1. The number of hydrogen-bond donors (Lipinski definition) is 1. The predicted molar refractivity (Wildman–Crippen MR) is 70.0 cm³/mol. The van der Waals surface area contributed by atoms with Crippen molar-refractivity contribution in [2.75, 3.05) is 5.75 Å². The molecule has 0 saturated carbocycles. The fourth-order valence-corrected chi connectivity index (χ4v) is 2.47. The molecule has 0 aliphatic carbocycles. The molecule has 1 heterocycles. The largest absolute Gasteiger partial charge is 0.393 e. The average Bonchev–Trinajstić information content (AvgIpc) is 2.66. The molecule has 2 atom stereocenters. The van der Waals surface area contributed by atoms with Crippen molar-refractivity contribution in [2.45, 2.75) is 51.9 Å². The second-order valence-corrected chi connectivity index (χ2v) is 5.74. The summed E-state index contributed by atoms with van der Waals surface area (Å²) in [5.74, 6) is 3.78. The van der Waals surface area contributed by atoms with Gasteiger partial charge in [0.2, 0.25) is 5.89 Å². The summed E-state index contributed by atoms with van der Waals surface area (Å²) < 4.78 is 5.20. The number of aromatic nitrogens is 2. The molecule has 1 aromatic heterocycles. The highest BCUT2D eigenvalue weighted by molar-refractivity contribution is 7.98. The lowest BCUT2D eigenvalue weighted by Crippen LogP contribution is -2.14. The monoisotopic (exact) mass is 258 g/mol. The van der Waals surface area contributed by atoms with Gasteiger partial charge in [0.1, 0.15) is 0 Å². The summed E-state index contributed by atoms with van der Waals surface area (Å²) in [6, 6.07) is 0. The first kappa shape index (κ1) is 14.5. The quantitative estimate of drug-likeness (QED) is 0.815. The minimum atomic E-state index is -0.448. The molecule has 0 radical (unpaired) electrons. The van der Waals surface area contributed by atoms with Crippen molar-refractivity contribution >= 4 is 11.8 Å². The van der Waals surface area contributed by atoms with Crippen LogP contribution in [0.25, 0.3) is 0 Å². The summed E-state index contributed by atoms with van der Waals surface area (Å²) in [5.41, 5.74) is 0. The lowest BCUT2D eigenvalue weighted by atomic mass is 10.0. The van der Waals surface area contributed by atoms with E-state index in [2.05, 4.69) is 24.0 Å². The molecular weight excluding hydrogens is 236 g/mol. The predicted octanol–water partition coefficient (Wildman–Crippen LogP) is 2.83. The zero-order valence-electron chi connectivity index (χ0n) is 11.0. The van der Waals surface area contributed by atoms with Crippen molar-refractivity contribution in [1.29, 1.82) is 0 Å². The van der Waals surface area contributed by atoms with Crippen LogP contribution in [0.1, 0.15) is 51.7 Å². The van der Waals surface area contributed by atoms with Gasteiger partial charge in [0.05, 0.1) is 17.8 Å². The summed E-state index contributed by atoms with van der Waals surface area (Å²) in [6.45, 7) is 8.14. The van der Waals surface area contributed by atoms with E-state index in [0.29, 0.717) is 11.8 Å². The molecule has 0 saturated heterocycles. The van der Waals surface area contributed by atoms with Crippen LogP contribution in [-0.4, -0.2) is 27.1 Å².